The van der Waals surface area contributed by atoms with Crippen molar-refractivity contribution in [2.24, 2.45) is 11.8 Å². The number of allylic oxidation sites excluding steroid dienone is 1. The second kappa shape index (κ2) is 8.09. The van der Waals surface area contributed by atoms with E-state index < -0.39 is 0 Å². The van der Waals surface area contributed by atoms with Gasteiger partial charge < -0.3 is 5.32 Å². The highest BCUT2D eigenvalue weighted by atomic mass is 14.9. The molecule has 0 aromatic rings. The number of hydrogen-bond donors (Lipinski definition) is 1. The number of nitrogens with one attached hydrogen (secondary N) is 1. The molecule has 2 rings (SSSR count). The van der Waals surface area contributed by atoms with E-state index >= 15 is 0 Å². The van der Waals surface area contributed by atoms with E-state index in [4.69, 9.17) is 0 Å². The van der Waals surface area contributed by atoms with Crippen LogP contribution >= 0.6 is 0 Å². The normalized spacial score (nSPS) is 29.9. The third-order valence-electron chi connectivity index (χ3n) is 5.37. The Morgan fingerprint density at radius 1 is 1.16 bits per heavy atom. The zero-order valence-electron chi connectivity index (χ0n) is 13.1. The maximum atomic E-state index is 3.79. The van der Waals surface area contributed by atoms with Gasteiger partial charge in [-0.05, 0) is 63.3 Å². The molecule has 1 saturated carbocycles. The van der Waals surface area contributed by atoms with Crippen LogP contribution in [0, 0.1) is 11.8 Å². The third-order valence-corrected chi connectivity index (χ3v) is 5.37. The summed E-state index contributed by atoms with van der Waals surface area (Å²) in [6.45, 7) is 5.76. The zero-order valence-corrected chi connectivity index (χ0v) is 13.1. The van der Waals surface area contributed by atoms with Gasteiger partial charge in [0.1, 0.15) is 0 Å². The van der Waals surface area contributed by atoms with E-state index in [1.807, 2.05) is 0 Å². The minimum Gasteiger partial charge on any atom is -0.314 e. The highest BCUT2D eigenvalue weighted by Crippen LogP contribution is 2.35. The lowest BCUT2D eigenvalue weighted by Gasteiger charge is -2.35. The monoisotopic (exact) mass is 263 g/mol. The van der Waals surface area contributed by atoms with Crippen molar-refractivity contribution in [1.82, 2.24) is 5.32 Å². The van der Waals surface area contributed by atoms with Crippen LogP contribution in [0.1, 0.15) is 78.1 Å². The molecule has 1 heteroatoms. The molecule has 1 unspecified atom stereocenters. The first-order chi connectivity index (χ1) is 9.33. The largest absolute Gasteiger partial charge is 0.314 e. The summed E-state index contributed by atoms with van der Waals surface area (Å²) in [6.07, 6.45) is 16.7. The average molecular weight is 263 g/mol. The molecule has 0 bridgehead atoms. The van der Waals surface area contributed by atoms with Crippen molar-refractivity contribution in [1.29, 1.82) is 0 Å². The van der Waals surface area contributed by atoms with Gasteiger partial charge in [0.2, 0.25) is 0 Å². The van der Waals surface area contributed by atoms with Gasteiger partial charge in [-0.15, -0.1) is 0 Å². The highest BCUT2D eigenvalue weighted by Gasteiger charge is 2.27. The van der Waals surface area contributed by atoms with Crippen LogP contribution in [-0.4, -0.2) is 12.6 Å². The topological polar surface area (TPSA) is 12.0 Å². The molecule has 0 aromatic heterocycles. The minimum absolute atomic E-state index is 0.757. The molecular weight excluding hydrogens is 230 g/mol. The SMILES string of the molecule is CCNC(CC1=CCCCC1)C1CCC(CC)CC1. The Morgan fingerprint density at radius 3 is 2.53 bits per heavy atom. The molecule has 110 valence electrons. The molecule has 1 N–H and O–H groups in total. The Labute approximate surface area is 120 Å². The van der Waals surface area contributed by atoms with Gasteiger partial charge in [0, 0.05) is 6.04 Å². The lowest BCUT2D eigenvalue weighted by molar-refractivity contribution is 0.217. The van der Waals surface area contributed by atoms with E-state index in [9.17, 15) is 0 Å². The van der Waals surface area contributed by atoms with Crippen molar-refractivity contribution in [2.45, 2.75) is 84.1 Å². The van der Waals surface area contributed by atoms with Crippen LogP contribution in [0.2, 0.25) is 0 Å². The van der Waals surface area contributed by atoms with Gasteiger partial charge in [0.25, 0.3) is 0 Å². The third kappa shape index (κ3) is 4.63. The van der Waals surface area contributed by atoms with Gasteiger partial charge >= 0.3 is 0 Å². The van der Waals surface area contributed by atoms with E-state index in [0.29, 0.717) is 0 Å². The predicted molar refractivity (Wildman–Crippen MR) is 84.4 cm³/mol. The molecule has 1 nitrogen and oxygen atoms in total. The van der Waals surface area contributed by atoms with Crippen LogP contribution < -0.4 is 5.32 Å². The van der Waals surface area contributed by atoms with Crippen molar-refractivity contribution in [3.8, 4) is 0 Å². The summed E-state index contributed by atoms with van der Waals surface area (Å²) in [7, 11) is 0. The van der Waals surface area contributed by atoms with Gasteiger partial charge in [-0.3, -0.25) is 0 Å². The highest BCUT2D eigenvalue weighted by molar-refractivity contribution is 5.08. The van der Waals surface area contributed by atoms with Crippen LogP contribution in [0.5, 0.6) is 0 Å². The van der Waals surface area contributed by atoms with Crippen molar-refractivity contribution in [3.05, 3.63) is 11.6 Å². The van der Waals surface area contributed by atoms with Crippen molar-refractivity contribution < 1.29 is 0 Å². The predicted octanol–water partition coefficient (Wildman–Crippen LogP) is 5.07. The molecule has 1 fully saturated rings. The fourth-order valence-corrected chi connectivity index (χ4v) is 4.04. The summed E-state index contributed by atoms with van der Waals surface area (Å²) in [5, 5.41) is 3.79. The molecule has 19 heavy (non-hydrogen) atoms. The first kappa shape index (κ1) is 15.1. The van der Waals surface area contributed by atoms with E-state index in [0.717, 1.165) is 24.4 Å². The molecule has 0 amide bonds. The van der Waals surface area contributed by atoms with Gasteiger partial charge in [0.05, 0.1) is 0 Å². The Morgan fingerprint density at radius 2 is 1.95 bits per heavy atom. The first-order valence-electron chi connectivity index (χ1n) is 8.74. The Kier molecular flexibility index (Phi) is 6.43. The fourth-order valence-electron chi connectivity index (χ4n) is 4.04. The van der Waals surface area contributed by atoms with E-state index in [-0.39, 0.29) is 0 Å². The molecule has 2 aliphatic carbocycles. The smallest absolute Gasteiger partial charge is 0.0132 e. The average Bonchev–Trinajstić information content (AvgIpc) is 2.48. The Balaban J connectivity index is 1.86. The van der Waals surface area contributed by atoms with Gasteiger partial charge in [-0.1, -0.05) is 44.8 Å². The van der Waals surface area contributed by atoms with Gasteiger partial charge in [-0.25, -0.2) is 0 Å². The van der Waals surface area contributed by atoms with Crippen molar-refractivity contribution in [3.63, 3.8) is 0 Å². The summed E-state index contributed by atoms with van der Waals surface area (Å²) in [5.74, 6) is 1.96. The van der Waals surface area contributed by atoms with Crippen LogP contribution in [0.25, 0.3) is 0 Å². The number of hydrogen-bond acceptors (Lipinski definition) is 1. The lowest BCUT2D eigenvalue weighted by atomic mass is 9.75. The van der Waals surface area contributed by atoms with Crippen LogP contribution in [0.3, 0.4) is 0 Å². The summed E-state index contributed by atoms with van der Waals surface area (Å²) in [6, 6.07) is 0.757. The number of rotatable bonds is 6. The molecule has 1 atom stereocenters. The first-order valence-corrected chi connectivity index (χ1v) is 8.74. The molecular formula is C18H33N. The van der Waals surface area contributed by atoms with Crippen LogP contribution in [0.15, 0.2) is 11.6 Å². The second-order valence-electron chi connectivity index (χ2n) is 6.67. The van der Waals surface area contributed by atoms with E-state index in [2.05, 4.69) is 25.2 Å². The standard InChI is InChI=1S/C18H33N/c1-3-15-10-12-17(13-11-15)18(19-4-2)14-16-8-6-5-7-9-16/h8,15,17-19H,3-7,9-14H2,1-2H3. The van der Waals surface area contributed by atoms with Crippen molar-refractivity contribution >= 4 is 0 Å². The molecule has 2 aliphatic rings. The summed E-state index contributed by atoms with van der Waals surface area (Å²) in [5.41, 5.74) is 1.75. The van der Waals surface area contributed by atoms with Gasteiger partial charge in [-0.2, -0.15) is 0 Å². The molecule has 0 radical (unpaired) electrons. The molecule has 0 saturated heterocycles. The minimum atomic E-state index is 0.757. The molecule has 0 aliphatic heterocycles. The maximum absolute atomic E-state index is 3.79. The van der Waals surface area contributed by atoms with Crippen LogP contribution in [0.4, 0.5) is 0 Å². The Bertz CT molecular complexity index is 273. The summed E-state index contributed by atoms with van der Waals surface area (Å²) in [4.78, 5) is 0. The summed E-state index contributed by atoms with van der Waals surface area (Å²) >= 11 is 0. The quantitative estimate of drug-likeness (QED) is 0.660. The van der Waals surface area contributed by atoms with Gasteiger partial charge in [0.15, 0.2) is 0 Å². The van der Waals surface area contributed by atoms with E-state index in [1.165, 1.54) is 64.2 Å². The maximum Gasteiger partial charge on any atom is 0.0132 e. The fraction of sp³-hybridized carbons (Fsp3) is 0.889. The Hall–Kier alpha value is -0.300. The summed E-state index contributed by atoms with van der Waals surface area (Å²) < 4.78 is 0. The van der Waals surface area contributed by atoms with Crippen molar-refractivity contribution in [2.75, 3.05) is 6.54 Å². The van der Waals surface area contributed by atoms with Crippen LogP contribution in [-0.2, 0) is 0 Å². The van der Waals surface area contributed by atoms with E-state index in [1.54, 1.807) is 5.57 Å². The zero-order chi connectivity index (χ0) is 13.5. The molecule has 0 spiro atoms. The lowest BCUT2D eigenvalue weighted by Crippen LogP contribution is -2.38. The molecule has 0 heterocycles. The molecule has 0 aromatic carbocycles. The second-order valence-corrected chi connectivity index (χ2v) is 6.67.